The molecule has 0 unspecified atom stereocenters. The van der Waals surface area contributed by atoms with Crippen LogP contribution in [0, 0.1) is 0 Å². The maximum absolute atomic E-state index is 4.89. The summed E-state index contributed by atoms with van der Waals surface area (Å²) in [5.74, 6) is 1.81. The maximum atomic E-state index is 4.89. The number of fused-ring (bicyclic) bond motifs is 6. The average Bonchev–Trinajstić information content (AvgIpc) is 3.74. The number of para-hydroxylation sites is 2. The van der Waals surface area contributed by atoms with Gasteiger partial charge in [-0.3, -0.25) is 9.97 Å². The van der Waals surface area contributed by atoms with Gasteiger partial charge in [-0.15, -0.1) is 0 Å². The van der Waals surface area contributed by atoms with Crippen molar-refractivity contribution in [3.8, 4) is 73.2 Å². The monoisotopic (exact) mass is 744 g/mol. The average molecular weight is 745 g/mol. The first kappa shape index (κ1) is 33.7. The van der Waals surface area contributed by atoms with Crippen LogP contribution in [0.4, 0.5) is 0 Å². The van der Waals surface area contributed by atoms with E-state index in [1.54, 1.807) is 24.8 Å². The fraction of sp³-hybridized carbons (Fsp3) is 0.0577. The second-order valence-electron chi connectivity index (χ2n) is 15.4. The molecule has 6 aromatic carbocycles. The van der Waals surface area contributed by atoms with E-state index in [-0.39, 0.29) is 5.41 Å². The first-order valence-corrected chi connectivity index (χ1v) is 19.6. The summed E-state index contributed by atoms with van der Waals surface area (Å²) in [7, 11) is 0. The van der Waals surface area contributed by atoms with Crippen molar-refractivity contribution < 1.29 is 0 Å². The molecule has 4 aromatic heterocycles. The van der Waals surface area contributed by atoms with Gasteiger partial charge >= 0.3 is 0 Å². The van der Waals surface area contributed by atoms with Crippen molar-refractivity contribution in [1.29, 1.82) is 0 Å². The fourth-order valence-electron chi connectivity index (χ4n) is 8.68. The molecule has 0 bridgehead atoms. The van der Waals surface area contributed by atoms with Crippen LogP contribution in [0.15, 0.2) is 183 Å². The van der Waals surface area contributed by atoms with Gasteiger partial charge in [-0.2, -0.15) is 0 Å². The topological polar surface area (TPSA) is 69.4 Å². The molecule has 11 rings (SSSR count). The molecular weight excluding hydrogens is 709 g/mol. The first-order chi connectivity index (χ1) is 28.5. The van der Waals surface area contributed by atoms with Crippen molar-refractivity contribution in [2.75, 3.05) is 0 Å². The third-order valence-electron chi connectivity index (χ3n) is 11.7. The van der Waals surface area contributed by atoms with E-state index in [1.165, 1.54) is 60.8 Å². The van der Waals surface area contributed by atoms with Gasteiger partial charge in [0.1, 0.15) is 0 Å². The smallest absolute Gasteiger partial charge is 0.164 e. The minimum atomic E-state index is -0.170. The summed E-state index contributed by atoms with van der Waals surface area (Å²) in [6, 6.07) is 56.4. The predicted octanol–water partition coefficient (Wildman–Crippen LogP) is 12.4. The van der Waals surface area contributed by atoms with Crippen LogP contribution in [0.2, 0.25) is 0 Å². The van der Waals surface area contributed by atoms with Gasteiger partial charge < -0.3 is 4.57 Å². The maximum Gasteiger partial charge on any atom is 0.164 e. The Bertz CT molecular complexity index is 3060. The van der Waals surface area contributed by atoms with E-state index in [2.05, 4.69) is 162 Å². The summed E-state index contributed by atoms with van der Waals surface area (Å²) < 4.78 is 2.37. The van der Waals surface area contributed by atoms with E-state index < -0.39 is 0 Å². The van der Waals surface area contributed by atoms with Crippen LogP contribution >= 0.6 is 0 Å². The highest BCUT2D eigenvalue weighted by molar-refractivity contribution is 6.09. The van der Waals surface area contributed by atoms with Gasteiger partial charge in [0, 0.05) is 63.4 Å². The van der Waals surface area contributed by atoms with E-state index in [0.717, 1.165) is 27.9 Å². The van der Waals surface area contributed by atoms with Crippen LogP contribution in [0.5, 0.6) is 0 Å². The van der Waals surface area contributed by atoms with Crippen molar-refractivity contribution in [1.82, 2.24) is 29.5 Å². The van der Waals surface area contributed by atoms with Crippen LogP contribution in [0.1, 0.15) is 25.0 Å². The minimum Gasteiger partial charge on any atom is -0.309 e. The normalized spacial score (nSPS) is 12.8. The minimum absolute atomic E-state index is 0.170. The van der Waals surface area contributed by atoms with Gasteiger partial charge in [0.2, 0.25) is 0 Å². The number of hydrogen-bond acceptors (Lipinski definition) is 5. The largest absolute Gasteiger partial charge is 0.309 e. The van der Waals surface area contributed by atoms with Crippen molar-refractivity contribution in [2.45, 2.75) is 19.3 Å². The summed E-state index contributed by atoms with van der Waals surface area (Å²) in [4.78, 5) is 22.9. The van der Waals surface area contributed by atoms with Crippen LogP contribution < -0.4 is 0 Å². The van der Waals surface area contributed by atoms with E-state index in [9.17, 15) is 0 Å². The summed E-state index contributed by atoms with van der Waals surface area (Å²) in [6.07, 6.45) is 7.01. The Hall–Kier alpha value is -7.57. The Morgan fingerprint density at radius 1 is 0.379 bits per heavy atom. The quantitative estimate of drug-likeness (QED) is 0.170. The number of benzene rings is 6. The molecule has 0 fully saturated rings. The fourth-order valence-corrected chi connectivity index (χ4v) is 8.68. The summed E-state index contributed by atoms with van der Waals surface area (Å²) in [6.45, 7) is 4.70. The van der Waals surface area contributed by atoms with E-state index in [1.807, 2.05) is 24.3 Å². The molecule has 4 heterocycles. The second-order valence-corrected chi connectivity index (χ2v) is 15.4. The van der Waals surface area contributed by atoms with Crippen molar-refractivity contribution >= 4 is 21.8 Å². The first-order valence-electron chi connectivity index (χ1n) is 19.6. The van der Waals surface area contributed by atoms with Gasteiger partial charge in [-0.05, 0) is 105 Å². The lowest BCUT2D eigenvalue weighted by molar-refractivity contribution is 0.661. The lowest BCUT2D eigenvalue weighted by atomic mass is 9.81. The molecule has 58 heavy (non-hydrogen) atoms. The second kappa shape index (κ2) is 13.3. The molecular formula is C52H36N6. The summed E-state index contributed by atoms with van der Waals surface area (Å²) in [5, 5.41) is 2.54. The number of nitrogens with zero attached hydrogens (tertiary/aromatic N) is 6. The molecule has 0 saturated heterocycles. The van der Waals surface area contributed by atoms with Crippen LogP contribution in [0.3, 0.4) is 0 Å². The Balaban J connectivity index is 0.895. The van der Waals surface area contributed by atoms with Gasteiger partial charge in [-0.25, -0.2) is 15.0 Å². The Morgan fingerprint density at radius 3 is 1.22 bits per heavy atom. The molecule has 0 amide bonds. The van der Waals surface area contributed by atoms with Crippen LogP contribution in [0.25, 0.3) is 95.0 Å². The van der Waals surface area contributed by atoms with Gasteiger partial charge in [0.05, 0.1) is 11.0 Å². The molecule has 6 heteroatoms. The van der Waals surface area contributed by atoms with E-state index in [4.69, 9.17) is 15.0 Å². The summed E-state index contributed by atoms with van der Waals surface area (Å²) >= 11 is 0. The highest BCUT2D eigenvalue weighted by Crippen LogP contribution is 2.50. The SMILES string of the molecule is CC1(C)c2cc(-c3ccc(-c4nc(-c5ccncc5)nc(-c5ccncc5)n4)cc3)ccc2-c2ccc(-c3ccc(-n4c5ccccc5c5ccccc54)cc3)cc21. The van der Waals surface area contributed by atoms with Crippen molar-refractivity contribution in [3.63, 3.8) is 0 Å². The highest BCUT2D eigenvalue weighted by atomic mass is 15.0. The summed E-state index contributed by atoms with van der Waals surface area (Å²) in [5.41, 5.74) is 16.2. The lowest BCUT2D eigenvalue weighted by Crippen LogP contribution is -2.15. The number of pyridine rings is 2. The lowest BCUT2D eigenvalue weighted by Gasteiger charge is -2.22. The molecule has 0 saturated carbocycles. The third-order valence-corrected chi connectivity index (χ3v) is 11.7. The number of rotatable bonds is 6. The zero-order valence-corrected chi connectivity index (χ0v) is 32.0. The van der Waals surface area contributed by atoms with Crippen LogP contribution in [-0.4, -0.2) is 29.5 Å². The molecule has 6 nitrogen and oxygen atoms in total. The van der Waals surface area contributed by atoms with Crippen molar-refractivity contribution in [2.24, 2.45) is 0 Å². The van der Waals surface area contributed by atoms with Crippen LogP contribution in [-0.2, 0) is 5.41 Å². The van der Waals surface area contributed by atoms with E-state index >= 15 is 0 Å². The molecule has 1 aliphatic rings. The number of aromatic nitrogens is 6. The Kier molecular flexibility index (Phi) is 7.73. The molecule has 10 aromatic rings. The molecule has 0 radical (unpaired) electrons. The molecule has 0 spiro atoms. The van der Waals surface area contributed by atoms with Gasteiger partial charge in [-0.1, -0.05) is 111 Å². The van der Waals surface area contributed by atoms with Gasteiger partial charge in [0.15, 0.2) is 17.5 Å². The predicted molar refractivity (Wildman–Crippen MR) is 234 cm³/mol. The standard InChI is InChI=1S/C52H36N6/c1-52(2)45-31-38(33-11-13-35(14-12-33)49-55-50(36-23-27-53-28-24-36)57-51(56-49)37-25-29-54-30-26-37)17-21-41(45)42-22-18-39(32-46(42)52)34-15-19-40(20-16-34)58-47-9-5-3-7-43(47)44-8-4-6-10-48(44)58/h3-32H,1-2H3. The van der Waals surface area contributed by atoms with E-state index in [0.29, 0.717) is 17.5 Å². The Morgan fingerprint density at radius 2 is 0.759 bits per heavy atom. The number of hydrogen-bond donors (Lipinski definition) is 0. The zero-order valence-electron chi connectivity index (χ0n) is 32.0. The molecule has 0 atom stereocenters. The molecule has 1 aliphatic carbocycles. The molecule has 0 N–H and O–H groups in total. The highest BCUT2D eigenvalue weighted by Gasteiger charge is 2.36. The zero-order chi connectivity index (χ0) is 38.8. The third kappa shape index (κ3) is 5.52. The molecule has 274 valence electrons. The molecule has 0 aliphatic heterocycles. The Labute approximate surface area is 336 Å². The van der Waals surface area contributed by atoms with Gasteiger partial charge in [0.25, 0.3) is 0 Å². The van der Waals surface area contributed by atoms with Crippen molar-refractivity contribution in [3.05, 3.63) is 194 Å².